The molecule has 66 valence electrons. The van der Waals surface area contributed by atoms with Crippen molar-refractivity contribution in [3.8, 4) is 0 Å². The van der Waals surface area contributed by atoms with E-state index in [1.165, 1.54) is 0 Å². The number of carbonyl (C=O) groups is 2. The first kappa shape index (κ1) is 8.93. The van der Waals surface area contributed by atoms with Crippen molar-refractivity contribution < 1.29 is 19.1 Å². The SMILES string of the molecule is C=CC(=O)OC1COCC(=O)C1. The van der Waals surface area contributed by atoms with E-state index in [4.69, 9.17) is 9.47 Å². The first-order valence-electron chi connectivity index (χ1n) is 3.65. The second-order valence-corrected chi connectivity index (χ2v) is 2.52. The van der Waals surface area contributed by atoms with Crippen LogP contribution in [0.2, 0.25) is 0 Å². The highest BCUT2D eigenvalue weighted by atomic mass is 16.6. The summed E-state index contributed by atoms with van der Waals surface area (Å²) in [5.74, 6) is -0.554. The van der Waals surface area contributed by atoms with E-state index >= 15 is 0 Å². The van der Waals surface area contributed by atoms with Crippen molar-refractivity contribution in [2.75, 3.05) is 13.2 Å². The van der Waals surface area contributed by atoms with Crippen LogP contribution < -0.4 is 0 Å². The van der Waals surface area contributed by atoms with Gasteiger partial charge in [-0.1, -0.05) is 6.58 Å². The fourth-order valence-electron chi connectivity index (χ4n) is 0.964. The van der Waals surface area contributed by atoms with E-state index in [0.29, 0.717) is 6.61 Å². The molecule has 0 saturated carbocycles. The van der Waals surface area contributed by atoms with E-state index in [9.17, 15) is 9.59 Å². The zero-order valence-electron chi connectivity index (χ0n) is 6.62. The lowest BCUT2D eigenvalue weighted by Crippen LogP contribution is -2.33. The first-order chi connectivity index (χ1) is 5.72. The van der Waals surface area contributed by atoms with Gasteiger partial charge in [0.05, 0.1) is 6.61 Å². The van der Waals surface area contributed by atoms with Crippen molar-refractivity contribution in [3.05, 3.63) is 12.7 Å². The number of hydrogen-bond donors (Lipinski definition) is 0. The number of Topliss-reactive ketones (excluding diaryl/α,β-unsaturated/α-hetero) is 1. The standard InChI is InChI=1S/C8H10O4/c1-2-8(10)12-7-3-6(9)4-11-5-7/h2,7H,1,3-5H2. The molecule has 1 fully saturated rings. The number of ether oxygens (including phenoxy) is 2. The minimum Gasteiger partial charge on any atom is -0.456 e. The van der Waals surface area contributed by atoms with Gasteiger partial charge in [-0.05, 0) is 0 Å². The first-order valence-corrected chi connectivity index (χ1v) is 3.65. The lowest BCUT2D eigenvalue weighted by atomic mass is 10.1. The van der Waals surface area contributed by atoms with Crippen LogP contribution in [0.5, 0.6) is 0 Å². The van der Waals surface area contributed by atoms with Gasteiger partial charge in [0.25, 0.3) is 0 Å². The largest absolute Gasteiger partial charge is 0.456 e. The smallest absolute Gasteiger partial charge is 0.330 e. The van der Waals surface area contributed by atoms with E-state index < -0.39 is 12.1 Å². The summed E-state index contributed by atoms with van der Waals surface area (Å²) in [6.45, 7) is 3.67. The number of esters is 1. The van der Waals surface area contributed by atoms with Gasteiger partial charge in [0.15, 0.2) is 5.78 Å². The summed E-state index contributed by atoms with van der Waals surface area (Å²) in [6, 6.07) is 0. The molecule has 1 aliphatic heterocycles. The van der Waals surface area contributed by atoms with Crippen LogP contribution in [-0.2, 0) is 19.1 Å². The molecule has 0 spiro atoms. The van der Waals surface area contributed by atoms with Crippen LogP contribution in [0.15, 0.2) is 12.7 Å². The zero-order chi connectivity index (χ0) is 8.97. The van der Waals surface area contributed by atoms with Gasteiger partial charge >= 0.3 is 5.97 Å². The van der Waals surface area contributed by atoms with Crippen LogP contribution in [0.3, 0.4) is 0 Å². The van der Waals surface area contributed by atoms with E-state index in [1.54, 1.807) is 0 Å². The summed E-state index contributed by atoms with van der Waals surface area (Å²) < 4.78 is 9.69. The average Bonchev–Trinajstić information content (AvgIpc) is 2.04. The van der Waals surface area contributed by atoms with Gasteiger partial charge in [-0.15, -0.1) is 0 Å². The predicted molar refractivity (Wildman–Crippen MR) is 40.5 cm³/mol. The molecule has 0 N–H and O–H groups in total. The van der Waals surface area contributed by atoms with Gasteiger partial charge < -0.3 is 9.47 Å². The van der Waals surface area contributed by atoms with E-state index in [-0.39, 0.29) is 18.8 Å². The predicted octanol–water partition coefficient (Wildman–Crippen LogP) is 0.0736. The van der Waals surface area contributed by atoms with E-state index in [1.807, 2.05) is 0 Å². The number of ketones is 1. The number of hydrogen-bond acceptors (Lipinski definition) is 4. The molecule has 12 heavy (non-hydrogen) atoms. The Morgan fingerprint density at radius 1 is 1.75 bits per heavy atom. The van der Waals surface area contributed by atoms with Gasteiger partial charge in [0.1, 0.15) is 12.7 Å². The minimum absolute atomic E-state index is 0.0388. The lowest BCUT2D eigenvalue weighted by molar-refractivity contribution is -0.153. The summed E-state index contributed by atoms with van der Waals surface area (Å²) in [7, 11) is 0. The molecule has 1 saturated heterocycles. The summed E-state index contributed by atoms with van der Waals surface area (Å²) in [5, 5.41) is 0. The van der Waals surface area contributed by atoms with Crippen molar-refractivity contribution >= 4 is 11.8 Å². The fourth-order valence-corrected chi connectivity index (χ4v) is 0.964. The van der Waals surface area contributed by atoms with Crippen molar-refractivity contribution in [2.24, 2.45) is 0 Å². The molecule has 0 bridgehead atoms. The summed E-state index contributed by atoms with van der Waals surface area (Å²) in [5.41, 5.74) is 0. The molecule has 4 heteroatoms. The Kier molecular flexibility index (Phi) is 2.99. The van der Waals surface area contributed by atoms with Crippen molar-refractivity contribution in [3.63, 3.8) is 0 Å². The van der Waals surface area contributed by atoms with Crippen LogP contribution in [0.25, 0.3) is 0 Å². The van der Waals surface area contributed by atoms with Gasteiger partial charge in [-0.25, -0.2) is 4.79 Å². The molecular weight excluding hydrogens is 160 g/mol. The van der Waals surface area contributed by atoms with Gasteiger partial charge in [0, 0.05) is 12.5 Å². The van der Waals surface area contributed by atoms with Crippen LogP contribution >= 0.6 is 0 Å². The Hall–Kier alpha value is -1.16. The quantitative estimate of drug-likeness (QED) is 0.435. The third-order valence-electron chi connectivity index (χ3n) is 1.47. The second-order valence-electron chi connectivity index (χ2n) is 2.52. The molecule has 1 aliphatic rings. The summed E-state index contributed by atoms with van der Waals surface area (Å²) >= 11 is 0. The number of rotatable bonds is 2. The zero-order valence-corrected chi connectivity index (χ0v) is 6.62. The Labute approximate surface area is 70.1 Å². The maximum Gasteiger partial charge on any atom is 0.330 e. The maximum absolute atomic E-state index is 10.8. The molecule has 0 aromatic rings. The highest BCUT2D eigenvalue weighted by molar-refractivity contribution is 5.83. The molecule has 0 aromatic carbocycles. The molecule has 4 nitrogen and oxygen atoms in total. The lowest BCUT2D eigenvalue weighted by Gasteiger charge is -2.20. The molecule has 1 rings (SSSR count). The summed E-state index contributed by atoms with van der Waals surface area (Å²) in [4.78, 5) is 21.5. The minimum atomic E-state index is -0.515. The number of carbonyl (C=O) groups excluding carboxylic acids is 2. The third kappa shape index (κ3) is 2.47. The van der Waals surface area contributed by atoms with Crippen molar-refractivity contribution in [1.82, 2.24) is 0 Å². The average molecular weight is 170 g/mol. The molecule has 1 heterocycles. The topological polar surface area (TPSA) is 52.6 Å². The third-order valence-corrected chi connectivity index (χ3v) is 1.47. The van der Waals surface area contributed by atoms with E-state index in [2.05, 4.69) is 6.58 Å². The molecule has 1 unspecified atom stereocenters. The van der Waals surface area contributed by atoms with Crippen molar-refractivity contribution in [1.29, 1.82) is 0 Å². The summed E-state index contributed by atoms with van der Waals surface area (Å²) in [6.07, 6.45) is 0.885. The molecule has 1 atom stereocenters. The van der Waals surface area contributed by atoms with Gasteiger partial charge in [-0.3, -0.25) is 4.79 Å². The molecule has 0 radical (unpaired) electrons. The second kappa shape index (κ2) is 4.01. The molecule has 0 aromatic heterocycles. The fraction of sp³-hybridized carbons (Fsp3) is 0.500. The van der Waals surface area contributed by atoms with Gasteiger partial charge in [0.2, 0.25) is 0 Å². The molecular formula is C8H10O4. The normalized spacial score (nSPS) is 23.3. The van der Waals surface area contributed by atoms with Crippen LogP contribution in [0, 0.1) is 0 Å². The Morgan fingerprint density at radius 2 is 2.50 bits per heavy atom. The Balaban J connectivity index is 2.36. The Morgan fingerprint density at radius 3 is 3.08 bits per heavy atom. The monoisotopic (exact) mass is 170 g/mol. The van der Waals surface area contributed by atoms with Crippen LogP contribution in [0.4, 0.5) is 0 Å². The highest BCUT2D eigenvalue weighted by Crippen LogP contribution is 2.07. The van der Waals surface area contributed by atoms with Crippen LogP contribution in [-0.4, -0.2) is 31.1 Å². The molecule has 0 aliphatic carbocycles. The molecule has 0 amide bonds. The maximum atomic E-state index is 10.8. The van der Waals surface area contributed by atoms with E-state index in [0.717, 1.165) is 6.08 Å². The van der Waals surface area contributed by atoms with Crippen molar-refractivity contribution in [2.45, 2.75) is 12.5 Å². The van der Waals surface area contributed by atoms with Crippen LogP contribution in [0.1, 0.15) is 6.42 Å². The van der Waals surface area contributed by atoms with Gasteiger partial charge in [-0.2, -0.15) is 0 Å². The Bertz CT molecular complexity index is 209. The highest BCUT2D eigenvalue weighted by Gasteiger charge is 2.22.